The number of amides is 1. The zero-order chi connectivity index (χ0) is 13.3. The second-order valence-corrected chi connectivity index (χ2v) is 5.68. The fraction of sp³-hybridized carbons (Fsp3) is 0.615. The van der Waals surface area contributed by atoms with Crippen LogP contribution in [0.3, 0.4) is 0 Å². The second-order valence-electron chi connectivity index (χ2n) is 5.68. The molecule has 2 heterocycles. The van der Waals surface area contributed by atoms with Gasteiger partial charge in [-0.3, -0.25) is 0 Å². The van der Waals surface area contributed by atoms with Gasteiger partial charge in [-0.1, -0.05) is 0 Å². The molecule has 0 spiro atoms. The minimum absolute atomic E-state index is 0.251. The molecule has 1 saturated heterocycles. The minimum Gasteiger partial charge on any atom is -0.444 e. The summed E-state index contributed by atoms with van der Waals surface area (Å²) in [6.45, 7) is 8.83. The Morgan fingerprint density at radius 1 is 1.33 bits per heavy atom. The molecule has 1 fully saturated rings. The quantitative estimate of drug-likeness (QED) is 0.765. The Kier molecular flexibility index (Phi) is 3.24. The van der Waals surface area contributed by atoms with Gasteiger partial charge in [0.05, 0.1) is 11.4 Å². The molecule has 0 radical (unpaired) electrons. The zero-order valence-corrected chi connectivity index (χ0v) is 11.3. The fourth-order valence-electron chi connectivity index (χ4n) is 1.77. The predicted octanol–water partition coefficient (Wildman–Crippen LogP) is 2.12. The van der Waals surface area contributed by atoms with E-state index < -0.39 is 5.60 Å². The fourth-order valence-corrected chi connectivity index (χ4v) is 1.77. The van der Waals surface area contributed by atoms with Crippen LogP contribution in [0.25, 0.3) is 0 Å². The van der Waals surface area contributed by atoms with Crippen LogP contribution in [0, 0.1) is 6.92 Å². The average Bonchev–Trinajstić information content (AvgIpc) is 2.15. The summed E-state index contributed by atoms with van der Waals surface area (Å²) >= 11 is 0. The lowest BCUT2D eigenvalue weighted by Crippen LogP contribution is -2.50. The van der Waals surface area contributed by atoms with E-state index in [-0.39, 0.29) is 12.0 Å². The van der Waals surface area contributed by atoms with E-state index in [4.69, 9.17) is 4.74 Å². The van der Waals surface area contributed by atoms with Crippen LogP contribution in [-0.2, 0) is 4.74 Å². The van der Waals surface area contributed by atoms with Crippen LogP contribution in [0.4, 0.5) is 4.79 Å². The van der Waals surface area contributed by atoms with Gasteiger partial charge in [0.15, 0.2) is 0 Å². The third-order valence-electron chi connectivity index (χ3n) is 2.77. The van der Waals surface area contributed by atoms with Gasteiger partial charge in [-0.15, -0.1) is 0 Å². The molecule has 98 valence electrons. The molecule has 0 unspecified atom stereocenters. The molecule has 0 aliphatic carbocycles. The Morgan fingerprint density at radius 2 is 2.00 bits per heavy atom. The molecule has 2 rings (SSSR count). The normalized spacial score (nSPS) is 16.3. The smallest absolute Gasteiger partial charge is 0.410 e. The van der Waals surface area contributed by atoms with Gasteiger partial charge in [0.2, 0.25) is 0 Å². The Bertz CT molecular complexity index is 431. The van der Waals surface area contributed by atoms with E-state index in [1.165, 1.54) is 0 Å². The van der Waals surface area contributed by atoms with Gasteiger partial charge >= 0.3 is 6.09 Å². The number of rotatable bonds is 1. The van der Waals surface area contributed by atoms with Crippen molar-refractivity contribution in [2.24, 2.45) is 0 Å². The Hall–Kier alpha value is -1.65. The van der Waals surface area contributed by atoms with Crippen molar-refractivity contribution in [3.8, 4) is 0 Å². The highest BCUT2D eigenvalue weighted by atomic mass is 16.6. The third-order valence-corrected chi connectivity index (χ3v) is 2.77. The molecule has 1 aliphatic rings. The van der Waals surface area contributed by atoms with E-state index in [0.29, 0.717) is 13.1 Å². The van der Waals surface area contributed by atoms with E-state index in [1.54, 1.807) is 4.90 Å². The van der Waals surface area contributed by atoms with Crippen LogP contribution < -0.4 is 0 Å². The molecule has 5 heteroatoms. The summed E-state index contributed by atoms with van der Waals surface area (Å²) < 4.78 is 5.30. The van der Waals surface area contributed by atoms with E-state index in [9.17, 15) is 4.79 Å². The number of hydrogen-bond donors (Lipinski definition) is 0. The molecular formula is C13H19N3O2. The summed E-state index contributed by atoms with van der Waals surface area (Å²) in [5.74, 6) is 0.283. The number of likely N-dealkylation sites (tertiary alicyclic amines) is 1. The second kappa shape index (κ2) is 4.55. The molecule has 5 nitrogen and oxygen atoms in total. The molecule has 0 bridgehead atoms. The molecule has 0 aromatic carbocycles. The first-order valence-corrected chi connectivity index (χ1v) is 6.13. The largest absolute Gasteiger partial charge is 0.444 e. The van der Waals surface area contributed by atoms with Crippen LogP contribution in [0.1, 0.15) is 38.1 Å². The number of aromatic nitrogens is 2. The number of carbonyl (C=O) groups is 1. The Morgan fingerprint density at radius 3 is 2.50 bits per heavy atom. The van der Waals surface area contributed by atoms with Crippen LogP contribution in [0.15, 0.2) is 12.1 Å². The van der Waals surface area contributed by atoms with Crippen LogP contribution >= 0.6 is 0 Å². The van der Waals surface area contributed by atoms with Gasteiger partial charge in [0.1, 0.15) is 5.60 Å². The van der Waals surface area contributed by atoms with E-state index in [0.717, 1.165) is 11.4 Å². The topological polar surface area (TPSA) is 55.3 Å². The molecule has 0 atom stereocenters. The summed E-state index contributed by atoms with van der Waals surface area (Å²) in [7, 11) is 0. The monoisotopic (exact) mass is 249 g/mol. The lowest BCUT2D eigenvalue weighted by molar-refractivity contribution is 0.00780. The standard InChI is InChI=1S/C13H19N3O2/c1-9-5-6-11(15-14-9)10-7-16(8-10)12(17)18-13(2,3)4/h5-6,10H,7-8H2,1-4H3. The van der Waals surface area contributed by atoms with Crippen molar-refractivity contribution in [2.45, 2.75) is 39.2 Å². The molecule has 1 aromatic heterocycles. The van der Waals surface area contributed by atoms with Crippen molar-refractivity contribution in [3.63, 3.8) is 0 Å². The van der Waals surface area contributed by atoms with Crippen molar-refractivity contribution < 1.29 is 9.53 Å². The van der Waals surface area contributed by atoms with Gasteiger partial charge in [-0.05, 0) is 39.8 Å². The Labute approximate surface area is 107 Å². The third kappa shape index (κ3) is 2.97. The van der Waals surface area contributed by atoms with Crippen LogP contribution in [0.5, 0.6) is 0 Å². The highest BCUT2D eigenvalue weighted by molar-refractivity contribution is 5.69. The Balaban J connectivity index is 1.87. The molecule has 18 heavy (non-hydrogen) atoms. The maximum atomic E-state index is 11.7. The number of hydrogen-bond acceptors (Lipinski definition) is 4. The first kappa shape index (κ1) is 12.8. The molecule has 0 saturated carbocycles. The maximum absolute atomic E-state index is 11.7. The molecule has 1 aromatic rings. The average molecular weight is 249 g/mol. The lowest BCUT2D eigenvalue weighted by atomic mass is 9.96. The van der Waals surface area contributed by atoms with Crippen LogP contribution in [0.2, 0.25) is 0 Å². The number of ether oxygens (including phenoxy) is 1. The van der Waals surface area contributed by atoms with Crippen molar-refractivity contribution in [1.29, 1.82) is 0 Å². The molecule has 0 N–H and O–H groups in total. The van der Waals surface area contributed by atoms with Gasteiger partial charge in [0.25, 0.3) is 0 Å². The maximum Gasteiger partial charge on any atom is 0.410 e. The molecular weight excluding hydrogens is 230 g/mol. The first-order chi connectivity index (χ1) is 8.35. The van der Waals surface area contributed by atoms with Gasteiger partial charge in [-0.25, -0.2) is 4.79 Å². The summed E-state index contributed by atoms with van der Waals surface area (Å²) in [5, 5.41) is 8.17. The molecule has 1 aliphatic heterocycles. The van der Waals surface area contributed by atoms with Crippen molar-refractivity contribution in [2.75, 3.05) is 13.1 Å². The number of carbonyl (C=O) groups excluding carboxylic acids is 1. The molecule has 1 amide bonds. The van der Waals surface area contributed by atoms with E-state index >= 15 is 0 Å². The zero-order valence-electron chi connectivity index (χ0n) is 11.3. The summed E-state index contributed by atoms with van der Waals surface area (Å²) in [5.41, 5.74) is 1.41. The van der Waals surface area contributed by atoms with Crippen LogP contribution in [-0.4, -0.2) is 39.9 Å². The van der Waals surface area contributed by atoms with E-state index in [1.807, 2.05) is 39.8 Å². The summed E-state index contributed by atoms with van der Waals surface area (Å²) in [6, 6.07) is 3.91. The van der Waals surface area contributed by atoms with Crippen molar-refractivity contribution in [3.05, 3.63) is 23.5 Å². The van der Waals surface area contributed by atoms with Crippen molar-refractivity contribution >= 4 is 6.09 Å². The number of nitrogens with zero attached hydrogens (tertiary/aromatic N) is 3. The van der Waals surface area contributed by atoms with Crippen molar-refractivity contribution in [1.82, 2.24) is 15.1 Å². The summed E-state index contributed by atoms with van der Waals surface area (Å²) in [6.07, 6.45) is -0.251. The minimum atomic E-state index is -0.439. The summed E-state index contributed by atoms with van der Waals surface area (Å²) in [4.78, 5) is 13.4. The highest BCUT2D eigenvalue weighted by Gasteiger charge is 2.35. The first-order valence-electron chi connectivity index (χ1n) is 6.13. The predicted molar refractivity (Wildman–Crippen MR) is 67.3 cm³/mol. The van der Waals surface area contributed by atoms with Gasteiger partial charge in [0, 0.05) is 19.0 Å². The SMILES string of the molecule is Cc1ccc(C2CN(C(=O)OC(C)(C)C)C2)nn1. The van der Waals surface area contributed by atoms with E-state index in [2.05, 4.69) is 10.2 Å². The number of aryl methyl sites for hydroxylation is 1. The highest BCUT2D eigenvalue weighted by Crippen LogP contribution is 2.26. The van der Waals surface area contributed by atoms with Gasteiger partial charge in [-0.2, -0.15) is 10.2 Å². The lowest BCUT2D eigenvalue weighted by Gasteiger charge is -2.39. The van der Waals surface area contributed by atoms with Gasteiger partial charge < -0.3 is 9.64 Å².